The van der Waals surface area contributed by atoms with Crippen molar-refractivity contribution in [1.29, 1.82) is 0 Å². The molecule has 2 bridgehead atoms. The summed E-state index contributed by atoms with van der Waals surface area (Å²) in [7, 11) is 1.81. The molecule has 0 aliphatic carbocycles. The Kier molecular flexibility index (Phi) is 6.11. The molecule has 4 rings (SSSR count). The van der Waals surface area contributed by atoms with Gasteiger partial charge in [0.25, 0.3) is 5.91 Å². The number of halogens is 2. The lowest BCUT2D eigenvalue weighted by Crippen LogP contribution is -2.48. The van der Waals surface area contributed by atoms with Gasteiger partial charge in [-0.15, -0.1) is 12.4 Å². The zero-order chi connectivity index (χ0) is 19.1. The fourth-order valence-electron chi connectivity index (χ4n) is 4.49. The van der Waals surface area contributed by atoms with Gasteiger partial charge in [0.15, 0.2) is 0 Å². The first-order valence-electron chi connectivity index (χ1n) is 9.83. The minimum absolute atomic E-state index is 0. The molecule has 0 aromatic heterocycles. The van der Waals surface area contributed by atoms with Crippen LogP contribution in [0.3, 0.4) is 0 Å². The van der Waals surface area contributed by atoms with Crippen molar-refractivity contribution in [1.82, 2.24) is 10.2 Å². The minimum Gasteiger partial charge on any atom is -0.339 e. The summed E-state index contributed by atoms with van der Waals surface area (Å²) in [5.74, 6) is -0.662. The second-order valence-electron chi connectivity index (χ2n) is 8.17. The maximum absolute atomic E-state index is 14.8. The molecule has 2 fully saturated rings. The van der Waals surface area contributed by atoms with Crippen LogP contribution < -0.4 is 5.32 Å². The summed E-state index contributed by atoms with van der Waals surface area (Å²) < 4.78 is 14.8. The van der Waals surface area contributed by atoms with Crippen LogP contribution >= 0.6 is 12.4 Å². The molecule has 2 aromatic carbocycles. The number of aryl methyl sites for hydroxylation is 2. The number of carbonyl (C=O) groups is 1. The number of rotatable bonds is 3. The van der Waals surface area contributed by atoms with Gasteiger partial charge in [-0.3, -0.25) is 4.79 Å². The van der Waals surface area contributed by atoms with Gasteiger partial charge in [0.05, 0.1) is 5.56 Å². The highest BCUT2D eigenvalue weighted by Crippen LogP contribution is 2.30. The molecule has 2 unspecified atom stereocenters. The largest absolute Gasteiger partial charge is 0.339 e. The highest BCUT2D eigenvalue weighted by Gasteiger charge is 2.36. The molecule has 2 saturated heterocycles. The number of benzene rings is 2. The first kappa shape index (κ1) is 20.8. The third kappa shape index (κ3) is 3.94. The van der Waals surface area contributed by atoms with Crippen LogP contribution in [-0.2, 0) is 0 Å². The highest BCUT2D eigenvalue weighted by molar-refractivity contribution is 5.95. The van der Waals surface area contributed by atoms with Crippen LogP contribution in [-0.4, -0.2) is 36.0 Å². The van der Waals surface area contributed by atoms with E-state index in [4.69, 9.17) is 0 Å². The Labute approximate surface area is 172 Å². The Balaban J connectivity index is 0.00000225. The van der Waals surface area contributed by atoms with Gasteiger partial charge >= 0.3 is 0 Å². The van der Waals surface area contributed by atoms with Crippen LogP contribution in [0.25, 0.3) is 11.1 Å². The second kappa shape index (κ2) is 8.22. The van der Waals surface area contributed by atoms with Crippen LogP contribution in [0.4, 0.5) is 4.39 Å². The monoisotopic (exact) mass is 402 g/mol. The lowest BCUT2D eigenvalue weighted by Gasteiger charge is -2.35. The zero-order valence-corrected chi connectivity index (χ0v) is 17.5. The van der Waals surface area contributed by atoms with Gasteiger partial charge in [0.2, 0.25) is 0 Å². The van der Waals surface area contributed by atoms with Gasteiger partial charge in [-0.1, -0.05) is 24.3 Å². The molecule has 2 aliphatic rings. The van der Waals surface area contributed by atoms with Crippen LogP contribution in [0, 0.1) is 19.7 Å². The fourth-order valence-corrected chi connectivity index (χ4v) is 4.49. The third-order valence-electron chi connectivity index (χ3n) is 6.36. The first-order chi connectivity index (χ1) is 12.9. The second-order valence-corrected chi connectivity index (χ2v) is 8.17. The van der Waals surface area contributed by atoms with Crippen LogP contribution in [0.1, 0.15) is 47.2 Å². The zero-order valence-electron chi connectivity index (χ0n) is 16.7. The van der Waals surface area contributed by atoms with Crippen molar-refractivity contribution in [2.24, 2.45) is 0 Å². The number of piperidine rings is 1. The summed E-state index contributed by atoms with van der Waals surface area (Å²) in [5, 5.41) is 3.59. The molecule has 28 heavy (non-hydrogen) atoms. The van der Waals surface area contributed by atoms with Crippen molar-refractivity contribution in [3.05, 3.63) is 58.9 Å². The molecule has 1 N–H and O–H groups in total. The molecule has 0 saturated carbocycles. The third-order valence-corrected chi connectivity index (χ3v) is 6.36. The smallest absolute Gasteiger partial charge is 0.256 e. The van der Waals surface area contributed by atoms with E-state index in [0.29, 0.717) is 12.1 Å². The maximum Gasteiger partial charge on any atom is 0.256 e. The Bertz CT molecular complexity index is 873. The Morgan fingerprint density at radius 1 is 1.00 bits per heavy atom. The predicted molar refractivity (Wildman–Crippen MR) is 114 cm³/mol. The summed E-state index contributed by atoms with van der Waals surface area (Å²) >= 11 is 0. The molecule has 2 aromatic rings. The van der Waals surface area contributed by atoms with E-state index in [9.17, 15) is 9.18 Å². The molecule has 2 atom stereocenters. The topological polar surface area (TPSA) is 32.3 Å². The van der Waals surface area contributed by atoms with Crippen molar-refractivity contribution >= 4 is 18.3 Å². The van der Waals surface area contributed by atoms with Gasteiger partial charge in [-0.25, -0.2) is 4.39 Å². The molecule has 1 amide bonds. The SMILES string of the molecule is Cc1ccc(-c2ccc(C(=O)N(C)C3CC4CCC(C3)N4)c(F)c2)cc1C.Cl. The molecule has 2 aliphatic heterocycles. The molecule has 2 heterocycles. The summed E-state index contributed by atoms with van der Waals surface area (Å²) in [5.41, 5.74) is 4.32. The molecule has 0 spiro atoms. The average molecular weight is 403 g/mol. The lowest BCUT2D eigenvalue weighted by atomic mass is 9.97. The predicted octanol–water partition coefficient (Wildman–Crippen LogP) is 4.89. The Morgan fingerprint density at radius 3 is 2.21 bits per heavy atom. The number of carbonyl (C=O) groups excluding carboxylic acids is 1. The van der Waals surface area contributed by atoms with Crippen molar-refractivity contribution in [2.75, 3.05) is 7.05 Å². The molecule has 5 heteroatoms. The lowest BCUT2D eigenvalue weighted by molar-refractivity contribution is 0.0677. The van der Waals surface area contributed by atoms with Gasteiger partial charge in [0.1, 0.15) is 5.82 Å². The Hall–Kier alpha value is -1.91. The fraction of sp³-hybridized carbons (Fsp3) is 0.435. The van der Waals surface area contributed by atoms with Gasteiger partial charge in [-0.2, -0.15) is 0 Å². The van der Waals surface area contributed by atoms with Crippen molar-refractivity contribution in [2.45, 2.75) is 57.7 Å². The van der Waals surface area contributed by atoms with E-state index in [1.54, 1.807) is 11.0 Å². The summed E-state index contributed by atoms with van der Waals surface area (Å²) in [4.78, 5) is 14.7. The van der Waals surface area contributed by atoms with Crippen molar-refractivity contribution in [3.8, 4) is 11.1 Å². The quantitative estimate of drug-likeness (QED) is 0.793. The van der Waals surface area contributed by atoms with E-state index >= 15 is 0 Å². The van der Waals surface area contributed by atoms with E-state index in [1.807, 2.05) is 32.2 Å². The standard InChI is InChI=1S/C23H27FN2O.ClH/c1-14-4-5-16(10-15(14)2)17-6-9-21(22(24)11-17)23(27)26(3)20-12-18-7-8-19(13-20)25-18;/h4-6,9-11,18-20,25H,7-8,12-13H2,1-3H3;1H. The number of hydrogen-bond acceptors (Lipinski definition) is 2. The van der Waals surface area contributed by atoms with Crippen LogP contribution in [0.2, 0.25) is 0 Å². The molecule has 3 nitrogen and oxygen atoms in total. The minimum atomic E-state index is -0.445. The van der Waals surface area contributed by atoms with Crippen LogP contribution in [0.15, 0.2) is 36.4 Å². The maximum atomic E-state index is 14.8. The normalized spacial score (nSPS) is 23.2. The van der Waals surface area contributed by atoms with E-state index in [0.717, 1.165) is 24.0 Å². The highest BCUT2D eigenvalue weighted by atomic mass is 35.5. The van der Waals surface area contributed by atoms with E-state index in [2.05, 4.69) is 18.3 Å². The van der Waals surface area contributed by atoms with E-state index < -0.39 is 5.82 Å². The number of amides is 1. The number of nitrogens with one attached hydrogen (secondary N) is 1. The van der Waals surface area contributed by atoms with Gasteiger partial charge in [-0.05, 0) is 73.9 Å². The van der Waals surface area contributed by atoms with Gasteiger partial charge in [0, 0.05) is 25.2 Å². The number of fused-ring (bicyclic) bond motifs is 2. The summed E-state index contributed by atoms with van der Waals surface area (Å²) in [6.45, 7) is 4.11. The number of nitrogens with zero attached hydrogens (tertiary/aromatic N) is 1. The molecule has 0 radical (unpaired) electrons. The number of hydrogen-bond donors (Lipinski definition) is 1. The average Bonchev–Trinajstić information content (AvgIpc) is 3.00. The molecule has 150 valence electrons. The van der Waals surface area contributed by atoms with Crippen molar-refractivity contribution < 1.29 is 9.18 Å². The summed E-state index contributed by atoms with van der Waals surface area (Å²) in [6.07, 6.45) is 4.28. The van der Waals surface area contributed by atoms with Crippen molar-refractivity contribution in [3.63, 3.8) is 0 Å². The molecular formula is C23H28ClFN2O. The van der Waals surface area contributed by atoms with Gasteiger partial charge < -0.3 is 10.2 Å². The van der Waals surface area contributed by atoms with E-state index in [-0.39, 0.29) is 29.9 Å². The Morgan fingerprint density at radius 2 is 1.61 bits per heavy atom. The van der Waals surface area contributed by atoms with Crippen LogP contribution in [0.5, 0.6) is 0 Å². The molecular weight excluding hydrogens is 375 g/mol. The summed E-state index contributed by atoms with van der Waals surface area (Å²) in [6, 6.07) is 12.3. The first-order valence-corrected chi connectivity index (χ1v) is 9.83. The van der Waals surface area contributed by atoms with E-state index in [1.165, 1.54) is 30.0 Å².